The van der Waals surface area contributed by atoms with Crippen LogP contribution in [0, 0.1) is 5.82 Å². The van der Waals surface area contributed by atoms with Crippen LogP contribution in [-0.4, -0.2) is 25.7 Å². The molecule has 1 aliphatic heterocycles. The standard InChI is InChI=1S/C19H17ClFNO3/c20-15-11-13(12-17-19(15)25-10-9-24-17)5-6-18(23)22-8-7-14-3-1-2-4-16(14)21/h1-6,11-12H,7-10H2,(H,22,23)/b6-5+. The van der Waals surface area contributed by atoms with Crippen LogP contribution in [0.2, 0.25) is 5.02 Å². The van der Waals surface area contributed by atoms with Crippen LogP contribution in [0.25, 0.3) is 6.08 Å². The zero-order valence-electron chi connectivity index (χ0n) is 13.4. The molecule has 0 unspecified atom stereocenters. The third-order valence-electron chi connectivity index (χ3n) is 3.70. The number of hydrogen-bond acceptors (Lipinski definition) is 3. The molecule has 6 heteroatoms. The van der Waals surface area contributed by atoms with E-state index >= 15 is 0 Å². The minimum absolute atomic E-state index is 0.262. The average Bonchev–Trinajstić information content (AvgIpc) is 2.62. The third kappa shape index (κ3) is 4.51. The van der Waals surface area contributed by atoms with Gasteiger partial charge in [0.1, 0.15) is 19.0 Å². The van der Waals surface area contributed by atoms with Gasteiger partial charge in [0.25, 0.3) is 0 Å². The molecular weight excluding hydrogens is 345 g/mol. The Morgan fingerprint density at radius 3 is 2.88 bits per heavy atom. The van der Waals surface area contributed by atoms with Crippen molar-refractivity contribution >= 4 is 23.6 Å². The van der Waals surface area contributed by atoms with Crippen molar-refractivity contribution in [3.05, 3.63) is 64.4 Å². The Morgan fingerprint density at radius 2 is 2.04 bits per heavy atom. The minimum atomic E-state index is -0.266. The monoisotopic (exact) mass is 361 g/mol. The molecule has 0 bridgehead atoms. The van der Waals surface area contributed by atoms with Crippen molar-refractivity contribution in [1.29, 1.82) is 0 Å². The van der Waals surface area contributed by atoms with Gasteiger partial charge in [-0.15, -0.1) is 0 Å². The van der Waals surface area contributed by atoms with Crippen LogP contribution in [0.15, 0.2) is 42.5 Å². The number of fused-ring (bicyclic) bond motifs is 1. The summed E-state index contributed by atoms with van der Waals surface area (Å²) in [5.41, 5.74) is 1.31. The minimum Gasteiger partial charge on any atom is -0.486 e. The number of carbonyl (C=O) groups is 1. The molecular formula is C19H17ClFNO3. The zero-order valence-corrected chi connectivity index (χ0v) is 14.2. The Bertz CT molecular complexity index is 807. The van der Waals surface area contributed by atoms with E-state index in [-0.39, 0.29) is 11.7 Å². The number of ether oxygens (including phenoxy) is 2. The molecule has 0 atom stereocenters. The molecule has 0 fully saturated rings. The molecule has 2 aromatic rings. The Hall–Kier alpha value is -2.53. The van der Waals surface area contributed by atoms with E-state index in [0.717, 1.165) is 5.56 Å². The van der Waals surface area contributed by atoms with E-state index in [2.05, 4.69) is 5.32 Å². The van der Waals surface area contributed by atoms with Crippen molar-refractivity contribution in [3.63, 3.8) is 0 Å². The largest absolute Gasteiger partial charge is 0.486 e. The maximum atomic E-state index is 13.5. The molecule has 0 spiro atoms. The highest BCUT2D eigenvalue weighted by Crippen LogP contribution is 2.38. The molecule has 1 amide bonds. The summed E-state index contributed by atoms with van der Waals surface area (Å²) in [6, 6.07) is 9.99. The van der Waals surface area contributed by atoms with Gasteiger partial charge in [-0.1, -0.05) is 29.8 Å². The molecule has 3 rings (SSSR count). The van der Waals surface area contributed by atoms with Gasteiger partial charge in [-0.05, 0) is 41.8 Å². The Labute approximate surface area is 150 Å². The van der Waals surface area contributed by atoms with Gasteiger partial charge in [0.05, 0.1) is 5.02 Å². The van der Waals surface area contributed by atoms with Crippen molar-refractivity contribution in [3.8, 4) is 11.5 Å². The lowest BCUT2D eigenvalue weighted by Gasteiger charge is -2.19. The first kappa shape index (κ1) is 17.3. The maximum Gasteiger partial charge on any atom is 0.244 e. The predicted octanol–water partition coefficient (Wildman–Crippen LogP) is 3.62. The van der Waals surface area contributed by atoms with Crippen LogP contribution in [0.1, 0.15) is 11.1 Å². The maximum absolute atomic E-state index is 13.5. The lowest BCUT2D eigenvalue weighted by atomic mass is 10.1. The fourth-order valence-electron chi connectivity index (χ4n) is 2.48. The topological polar surface area (TPSA) is 47.6 Å². The molecule has 0 aliphatic carbocycles. The van der Waals surface area contributed by atoms with E-state index in [1.807, 2.05) is 0 Å². The van der Waals surface area contributed by atoms with Gasteiger partial charge in [-0.25, -0.2) is 4.39 Å². The summed E-state index contributed by atoms with van der Waals surface area (Å²) >= 11 is 6.15. The summed E-state index contributed by atoms with van der Waals surface area (Å²) in [6.07, 6.45) is 3.48. The van der Waals surface area contributed by atoms with Crippen LogP contribution >= 0.6 is 11.6 Å². The lowest BCUT2D eigenvalue weighted by Crippen LogP contribution is -2.23. The number of nitrogens with one attached hydrogen (secondary N) is 1. The van der Waals surface area contributed by atoms with Gasteiger partial charge in [0.15, 0.2) is 11.5 Å². The number of rotatable bonds is 5. The first-order valence-electron chi connectivity index (χ1n) is 7.92. The first-order chi connectivity index (χ1) is 12.1. The van der Waals surface area contributed by atoms with Gasteiger partial charge >= 0.3 is 0 Å². The Balaban J connectivity index is 1.56. The van der Waals surface area contributed by atoms with Gasteiger partial charge < -0.3 is 14.8 Å². The van der Waals surface area contributed by atoms with Crippen LogP contribution in [0.3, 0.4) is 0 Å². The van der Waals surface area contributed by atoms with Crippen LogP contribution in [0.5, 0.6) is 11.5 Å². The second kappa shape index (κ2) is 8.03. The van der Waals surface area contributed by atoms with Crippen molar-refractivity contribution < 1.29 is 18.7 Å². The molecule has 0 radical (unpaired) electrons. The molecule has 2 aromatic carbocycles. The van der Waals surface area contributed by atoms with Crippen molar-refractivity contribution in [2.75, 3.05) is 19.8 Å². The van der Waals surface area contributed by atoms with E-state index in [4.69, 9.17) is 21.1 Å². The summed E-state index contributed by atoms with van der Waals surface area (Å²) in [7, 11) is 0. The average molecular weight is 362 g/mol. The summed E-state index contributed by atoms with van der Waals surface area (Å²) in [4.78, 5) is 11.9. The SMILES string of the molecule is O=C(/C=C/c1cc(Cl)c2c(c1)OCCO2)NCCc1ccccc1F. The molecule has 0 aromatic heterocycles. The van der Waals surface area contributed by atoms with Crippen LogP contribution < -0.4 is 14.8 Å². The highest BCUT2D eigenvalue weighted by atomic mass is 35.5. The highest BCUT2D eigenvalue weighted by Gasteiger charge is 2.15. The summed E-state index contributed by atoms with van der Waals surface area (Å²) < 4.78 is 24.4. The zero-order chi connectivity index (χ0) is 17.6. The summed E-state index contributed by atoms with van der Waals surface area (Å²) in [5.74, 6) is 0.568. The van der Waals surface area contributed by atoms with Crippen molar-refractivity contribution in [2.24, 2.45) is 0 Å². The van der Waals surface area contributed by atoms with Crippen LogP contribution in [-0.2, 0) is 11.2 Å². The predicted molar refractivity (Wildman–Crippen MR) is 94.6 cm³/mol. The fraction of sp³-hybridized carbons (Fsp3) is 0.211. The smallest absolute Gasteiger partial charge is 0.244 e. The number of hydrogen-bond donors (Lipinski definition) is 1. The third-order valence-corrected chi connectivity index (χ3v) is 3.98. The number of amides is 1. The van der Waals surface area contributed by atoms with E-state index in [1.165, 1.54) is 12.1 Å². The highest BCUT2D eigenvalue weighted by molar-refractivity contribution is 6.32. The Kier molecular flexibility index (Phi) is 5.56. The fourth-order valence-corrected chi connectivity index (χ4v) is 2.75. The molecule has 4 nitrogen and oxygen atoms in total. The molecule has 0 saturated carbocycles. The van der Waals surface area contributed by atoms with Crippen molar-refractivity contribution in [1.82, 2.24) is 5.32 Å². The van der Waals surface area contributed by atoms with Gasteiger partial charge in [-0.3, -0.25) is 4.79 Å². The van der Waals surface area contributed by atoms with Gasteiger partial charge in [0.2, 0.25) is 5.91 Å². The molecule has 25 heavy (non-hydrogen) atoms. The molecule has 1 aliphatic rings. The van der Waals surface area contributed by atoms with E-state index < -0.39 is 0 Å². The van der Waals surface area contributed by atoms with E-state index in [1.54, 1.807) is 36.4 Å². The second-order valence-electron chi connectivity index (χ2n) is 5.49. The number of carbonyl (C=O) groups excluding carboxylic acids is 1. The van der Waals surface area contributed by atoms with E-state index in [0.29, 0.717) is 48.3 Å². The number of benzene rings is 2. The van der Waals surface area contributed by atoms with Gasteiger partial charge in [0, 0.05) is 12.6 Å². The van der Waals surface area contributed by atoms with E-state index in [9.17, 15) is 9.18 Å². The quantitative estimate of drug-likeness (QED) is 0.827. The second-order valence-corrected chi connectivity index (χ2v) is 5.90. The first-order valence-corrected chi connectivity index (χ1v) is 8.30. The Morgan fingerprint density at radius 1 is 1.24 bits per heavy atom. The number of halogens is 2. The summed E-state index contributed by atoms with van der Waals surface area (Å²) in [6.45, 7) is 1.28. The van der Waals surface area contributed by atoms with Gasteiger partial charge in [-0.2, -0.15) is 0 Å². The molecule has 1 N–H and O–H groups in total. The normalized spacial score (nSPS) is 13.0. The molecule has 130 valence electrons. The van der Waals surface area contributed by atoms with Crippen molar-refractivity contribution in [2.45, 2.75) is 6.42 Å². The lowest BCUT2D eigenvalue weighted by molar-refractivity contribution is -0.116. The molecule has 0 saturated heterocycles. The van der Waals surface area contributed by atoms with Crippen LogP contribution in [0.4, 0.5) is 4.39 Å². The summed E-state index contributed by atoms with van der Waals surface area (Å²) in [5, 5.41) is 3.17. The molecule has 1 heterocycles.